The molecule has 1 amide bonds. The third kappa shape index (κ3) is 12.7. The first-order valence-corrected chi connectivity index (χ1v) is 14.4. The summed E-state index contributed by atoms with van der Waals surface area (Å²) >= 11 is 0. The fraction of sp³-hybridized carbons (Fsp3) is 0.485. The van der Waals surface area contributed by atoms with Crippen LogP contribution in [0.15, 0.2) is 53.8 Å². The molecular formula is C33H56FN5O. The third-order valence-corrected chi connectivity index (χ3v) is 5.90. The van der Waals surface area contributed by atoms with E-state index in [4.69, 9.17) is 0 Å². The van der Waals surface area contributed by atoms with Crippen molar-refractivity contribution in [3.05, 3.63) is 77.1 Å². The van der Waals surface area contributed by atoms with Gasteiger partial charge in [0.2, 0.25) is 5.91 Å². The molecule has 7 heteroatoms. The van der Waals surface area contributed by atoms with Gasteiger partial charge in [-0.15, -0.1) is 0 Å². The highest BCUT2D eigenvalue weighted by atomic mass is 19.1. The van der Waals surface area contributed by atoms with Crippen molar-refractivity contribution in [1.82, 2.24) is 15.2 Å². The van der Waals surface area contributed by atoms with Gasteiger partial charge in [0, 0.05) is 57.9 Å². The number of aromatic nitrogens is 1. The molecular weight excluding hydrogens is 501 g/mol. The molecule has 0 spiro atoms. The quantitative estimate of drug-likeness (QED) is 0.257. The number of pyridine rings is 1. The van der Waals surface area contributed by atoms with E-state index in [2.05, 4.69) is 52.9 Å². The Bertz CT molecular complexity index is 1120. The molecule has 1 aromatic carbocycles. The summed E-state index contributed by atoms with van der Waals surface area (Å²) in [4.78, 5) is 23.8. The maximum Gasteiger partial charge on any atom is 0.230 e. The van der Waals surface area contributed by atoms with Crippen molar-refractivity contribution in [2.75, 3.05) is 18.9 Å². The lowest BCUT2D eigenvalue weighted by molar-refractivity contribution is -0.115. The van der Waals surface area contributed by atoms with Gasteiger partial charge in [-0.3, -0.25) is 14.8 Å². The van der Waals surface area contributed by atoms with E-state index in [-0.39, 0.29) is 39.0 Å². The normalized spacial score (nSPS) is 12.6. The molecule has 1 unspecified atom stereocenters. The maximum atomic E-state index is 14.7. The minimum absolute atomic E-state index is 0. The van der Waals surface area contributed by atoms with Crippen LogP contribution < -0.4 is 10.6 Å². The Hall–Kier alpha value is -3.32. The van der Waals surface area contributed by atoms with Gasteiger partial charge >= 0.3 is 0 Å². The second kappa shape index (κ2) is 19.7. The molecule has 2 N–H and O–H groups in total. The van der Waals surface area contributed by atoms with Gasteiger partial charge in [-0.2, -0.15) is 0 Å². The molecule has 1 heterocycles. The van der Waals surface area contributed by atoms with E-state index >= 15 is 0 Å². The van der Waals surface area contributed by atoms with Crippen molar-refractivity contribution in [3.63, 3.8) is 0 Å². The number of anilines is 1. The summed E-state index contributed by atoms with van der Waals surface area (Å²) < 4.78 is 14.7. The summed E-state index contributed by atoms with van der Waals surface area (Å²) in [5.74, 6) is -0.254. The Morgan fingerprint density at radius 1 is 1.15 bits per heavy atom. The lowest BCUT2D eigenvalue weighted by atomic mass is 10.1. The first-order chi connectivity index (χ1) is 19.0. The van der Waals surface area contributed by atoms with Gasteiger partial charge in [0.15, 0.2) is 0 Å². The summed E-state index contributed by atoms with van der Waals surface area (Å²) in [6.07, 6.45) is 5.76. The Morgan fingerprint density at radius 3 is 2.35 bits per heavy atom. The number of allylic oxidation sites excluding steroid dienone is 1. The molecule has 0 bridgehead atoms. The first-order valence-electron chi connectivity index (χ1n) is 14.4. The first kappa shape index (κ1) is 36.7. The van der Waals surface area contributed by atoms with Gasteiger partial charge in [0.25, 0.3) is 0 Å². The highest BCUT2D eigenvalue weighted by Gasteiger charge is 2.15. The molecule has 0 aliphatic carbocycles. The van der Waals surface area contributed by atoms with Crippen LogP contribution in [0.25, 0.3) is 6.08 Å². The van der Waals surface area contributed by atoms with Crippen LogP contribution in [0.5, 0.6) is 0 Å². The third-order valence-electron chi connectivity index (χ3n) is 5.90. The van der Waals surface area contributed by atoms with Crippen molar-refractivity contribution >= 4 is 23.9 Å². The van der Waals surface area contributed by atoms with Crippen molar-refractivity contribution in [3.8, 4) is 0 Å². The van der Waals surface area contributed by atoms with E-state index in [1.165, 1.54) is 6.07 Å². The second-order valence-corrected chi connectivity index (χ2v) is 9.38. The van der Waals surface area contributed by atoms with E-state index in [1.54, 1.807) is 18.2 Å². The number of aryl methyl sites for hydroxylation is 1. The molecule has 2 atom stereocenters. The van der Waals surface area contributed by atoms with E-state index in [1.807, 2.05) is 80.1 Å². The van der Waals surface area contributed by atoms with Crippen LogP contribution in [0.1, 0.15) is 93.7 Å². The number of amides is 1. The average Bonchev–Trinajstić information content (AvgIpc) is 2.93. The topological polar surface area (TPSA) is 69.6 Å². The number of hydrogen-bond donors (Lipinski definition) is 2. The fourth-order valence-electron chi connectivity index (χ4n) is 3.63. The van der Waals surface area contributed by atoms with Crippen LogP contribution >= 0.6 is 0 Å². The lowest BCUT2D eigenvalue weighted by Crippen LogP contribution is -2.30. The van der Waals surface area contributed by atoms with E-state index in [0.29, 0.717) is 16.9 Å². The molecule has 0 radical (unpaired) electrons. The zero-order chi connectivity index (χ0) is 30.8. The SMILES string of the molecule is C=Cc1ccc(CC(=O)Nc2ccc(F)c([C@H](C)NC(C)C=N/C(=C/N(C)CC)C(C)C)c2)nc1C.CC.CC.[HH].[HH]. The largest absolute Gasteiger partial charge is 0.379 e. The van der Waals surface area contributed by atoms with Crippen LogP contribution in [-0.2, 0) is 11.2 Å². The predicted molar refractivity (Wildman–Crippen MR) is 175 cm³/mol. The number of carbonyl (C=O) groups is 1. The van der Waals surface area contributed by atoms with Crippen LogP contribution in [0.4, 0.5) is 10.1 Å². The lowest BCUT2D eigenvalue weighted by Gasteiger charge is -2.20. The second-order valence-electron chi connectivity index (χ2n) is 9.38. The number of nitrogens with zero attached hydrogens (tertiary/aromatic N) is 3. The Balaban J connectivity index is -0.00000242. The molecule has 0 saturated carbocycles. The summed E-state index contributed by atoms with van der Waals surface area (Å²) in [5, 5.41) is 6.23. The summed E-state index contributed by atoms with van der Waals surface area (Å²) in [6.45, 7) is 24.7. The minimum Gasteiger partial charge on any atom is -0.379 e. The van der Waals surface area contributed by atoms with Gasteiger partial charge in [-0.05, 0) is 63.4 Å². The molecule has 0 fully saturated rings. The van der Waals surface area contributed by atoms with Crippen LogP contribution in [0.2, 0.25) is 0 Å². The maximum absolute atomic E-state index is 14.7. The molecule has 2 aromatic rings. The highest BCUT2D eigenvalue weighted by Crippen LogP contribution is 2.22. The van der Waals surface area contributed by atoms with Gasteiger partial charge in [-0.1, -0.05) is 60.3 Å². The van der Waals surface area contributed by atoms with Crippen LogP contribution in [0.3, 0.4) is 0 Å². The zero-order valence-corrected chi connectivity index (χ0v) is 26.6. The molecule has 226 valence electrons. The standard InChI is InChI=1S/C29H40FN5O.2C2H6.2H2/c1-9-23-11-12-25(33-21(23)6)16-29(36)34-24-13-14-27(30)26(15-24)22(7)32-20(5)17-31-28(19(3)4)18-35(8)10-2;2*1-2;;/h9,11-15,17-20,22,32H,1,10,16H2,2-8H3,(H,34,36);2*1-2H3;2*1H/b28-18+,31-17?;;;;/t20?,22-;;;;/m0..../s1. The Labute approximate surface area is 245 Å². The van der Waals surface area contributed by atoms with Crippen LogP contribution in [-0.4, -0.2) is 41.6 Å². The van der Waals surface area contributed by atoms with Crippen molar-refractivity contribution < 1.29 is 12.0 Å². The van der Waals surface area contributed by atoms with Crippen molar-refractivity contribution in [2.24, 2.45) is 10.9 Å². The van der Waals surface area contributed by atoms with Crippen molar-refractivity contribution in [1.29, 1.82) is 0 Å². The molecule has 0 aliphatic heterocycles. The summed E-state index contributed by atoms with van der Waals surface area (Å²) in [6, 6.07) is 7.96. The molecule has 40 heavy (non-hydrogen) atoms. The Kier molecular flexibility index (Phi) is 18.1. The summed E-state index contributed by atoms with van der Waals surface area (Å²) in [7, 11) is 2.02. The van der Waals surface area contributed by atoms with Gasteiger partial charge in [0.1, 0.15) is 5.82 Å². The Morgan fingerprint density at radius 2 is 1.80 bits per heavy atom. The van der Waals surface area contributed by atoms with Gasteiger partial charge < -0.3 is 15.5 Å². The number of aliphatic imine (C=N–C) groups is 1. The zero-order valence-electron chi connectivity index (χ0n) is 26.6. The predicted octanol–water partition coefficient (Wildman–Crippen LogP) is 8.46. The molecule has 6 nitrogen and oxygen atoms in total. The van der Waals surface area contributed by atoms with E-state index in [0.717, 1.165) is 23.5 Å². The molecule has 0 aliphatic rings. The number of nitrogens with one attached hydrogen (secondary N) is 2. The van der Waals surface area contributed by atoms with Gasteiger partial charge in [0.05, 0.1) is 17.8 Å². The monoisotopic (exact) mass is 557 g/mol. The van der Waals surface area contributed by atoms with E-state index in [9.17, 15) is 9.18 Å². The number of halogens is 1. The molecule has 1 aromatic heterocycles. The molecule has 0 saturated heterocycles. The van der Waals surface area contributed by atoms with Crippen molar-refractivity contribution in [2.45, 2.75) is 87.7 Å². The van der Waals surface area contributed by atoms with E-state index < -0.39 is 0 Å². The fourth-order valence-corrected chi connectivity index (χ4v) is 3.63. The number of rotatable bonds is 12. The highest BCUT2D eigenvalue weighted by molar-refractivity contribution is 5.92. The average molecular weight is 558 g/mol. The number of benzene rings is 1. The van der Waals surface area contributed by atoms with Crippen LogP contribution in [0, 0.1) is 18.7 Å². The number of hydrogen-bond acceptors (Lipinski definition) is 5. The smallest absolute Gasteiger partial charge is 0.230 e. The van der Waals surface area contributed by atoms with Gasteiger partial charge in [-0.25, -0.2) is 4.39 Å². The summed E-state index contributed by atoms with van der Waals surface area (Å²) in [5.41, 5.74) is 4.43. The number of carbonyl (C=O) groups excluding carboxylic acids is 1. The minimum atomic E-state index is -0.332. The molecule has 2 rings (SSSR count).